The van der Waals surface area contributed by atoms with Crippen molar-refractivity contribution in [3.05, 3.63) is 61.5 Å². The zero-order chi connectivity index (χ0) is 15.0. The third kappa shape index (κ3) is 3.06. The first-order chi connectivity index (χ1) is 10.0. The maximum absolute atomic E-state index is 11.2. The summed E-state index contributed by atoms with van der Waals surface area (Å²) in [6.07, 6.45) is 0. The predicted octanol–water partition coefficient (Wildman–Crippen LogP) is 4.82. The molecule has 0 spiro atoms. The smallest absolute Gasteiger partial charge is 0.408 e. The molecule has 0 amide bonds. The first-order valence-electron chi connectivity index (χ1n) is 6.37. The summed E-state index contributed by atoms with van der Waals surface area (Å²) in [4.78, 5) is 13.8. The normalized spacial score (nSPS) is 12.5. The van der Waals surface area contributed by atoms with Crippen LogP contribution >= 0.6 is 31.9 Å². The van der Waals surface area contributed by atoms with E-state index in [0.717, 1.165) is 20.2 Å². The summed E-state index contributed by atoms with van der Waals surface area (Å²) < 4.78 is 7.06. The van der Waals surface area contributed by atoms with Gasteiger partial charge >= 0.3 is 5.76 Å². The molecule has 0 aliphatic carbocycles. The average molecular weight is 412 g/mol. The summed E-state index contributed by atoms with van der Waals surface area (Å²) in [6, 6.07) is 11.7. The second-order valence-electron chi connectivity index (χ2n) is 4.76. The Bertz CT molecular complexity index is 854. The standard InChI is InChI=1S/C15H12Br2N2O2/c1-8(11-4-2-9(16)6-12(11)17)18-10-3-5-14-13(7-10)19-15(20)21-14/h2-8,18H,1H3,(H,19,20). The number of benzene rings is 2. The van der Waals surface area contributed by atoms with Gasteiger partial charge in [-0.15, -0.1) is 0 Å². The van der Waals surface area contributed by atoms with E-state index in [4.69, 9.17) is 4.42 Å². The van der Waals surface area contributed by atoms with Gasteiger partial charge in [0.2, 0.25) is 0 Å². The molecular weight excluding hydrogens is 400 g/mol. The number of halogens is 2. The first kappa shape index (κ1) is 14.4. The quantitative estimate of drug-likeness (QED) is 0.649. The van der Waals surface area contributed by atoms with E-state index in [1.165, 1.54) is 0 Å². The zero-order valence-corrected chi connectivity index (χ0v) is 14.3. The number of aromatic amines is 1. The molecule has 1 aromatic heterocycles. The van der Waals surface area contributed by atoms with Crippen LogP contribution in [0.25, 0.3) is 11.1 Å². The Morgan fingerprint density at radius 2 is 2.00 bits per heavy atom. The van der Waals surface area contributed by atoms with E-state index in [0.29, 0.717) is 11.1 Å². The van der Waals surface area contributed by atoms with E-state index < -0.39 is 5.76 Å². The van der Waals surface area contributed by atoms with Crippen molar-refractivity contribution in [3.63, 3.8) is 0 Å². The predicted molar refractivity (Wildman–Crippen MR) is 90.7 cm³/mol. The highest BCUT2D eigenvalue weighted by atomic mass is 79.9. The highest BCUT2D eigenvalue weighted by molar-refractivity contribution is 9.11. The SMILES string of the molecule is CC(Nc1ccc2oc(=O)[nH]c2c1)c1ccc(Br)cc1Br. The second kappa shape index (κ2) is 5.69. The van der Waals surface area contributed by atoms with Crippen LogP contribution in [0, 0.1) is 0 Å². The Kier molecular flexibility index (Phi) is 3.91. The van der Waals surface area contributed by atoms with Gasteiger partial charge in [-0.25, -0.2) is 4.79 Å². The molecule has 0 radical (unpaired) electrons. The molecule has 1 atom stereocenters. The molecule has 0 fully saturated rings. The minimum absolute atomic E-state index is 0.114. The Labute approximate surface area is 137 Å². The van der Waals surface area contributed by atoms with E-state index in [9.17, 15) is 4.79 Å². The molecule has 0 aliphatic rings. The molecule has 0 saturated carbocycles. The Balaban J connectivity index is 1.88. The second-order valence-corrected chi connectivity index (χ2v) is 6.53. The van der Waals surface area contributed by atoms with Crippen LogP contribution in [-0.4, -0.2) is 4.98 Å². The third-order valence-corrected chi connectivity index (χ3v) is 4.41. The summed E-state index contributed by atoms with van der Waals surface area (Å²) in [7, 11) is 0. The third-order valence-electron chi connectivity index (χ3n) is 3.23. The van der Waals surface area contributed by atoms with Crippen molar-refractivity contribution in [2.75, 3.05) is 5.32 Å². The van der Waals surface area contributed by atoms with Gasteiger partial charge in [-0.1, -0.05) is 37.9 Å². The molecule has 6 heteroatoms. The molecule has 1 heterocycles. The summed E-state index contributed by atoms with van der Waals surface area (Å²) in [5.41, 5.74) is 3.32. The number of hydrogen-bond acceptors (Lipinski definition) is 3. The van der Waals surface area contributed by atoms with Crippen molar-refractivity contribution in [2.24, 2.45) is 0 Å². The van der Waals surface area contributed by atoms with E-state index in [-0.39, 0.29) is 6.04 Å². The fraction of sp³-hybridized carbons (Fsp3) is 0.133. The van der Waals surface area contributed by atoms with Gasteiger partial charge < -0.3 is 9.73 Å². The number of nitrogens with one attached hydrogen (secondary N) is 2. The Hall–Kier alpha value is -1.53. The lowest BCUT2D eigenvalue weighted by molar-refractivity contribution is 0.555. The molecule has 3 aromatic rings. The van der Waals surface area contributed by atoms with Crippen LogP contribution in [0.4, 0.5) is 5.69 Å². The van der Waals surface area contributed by atoms with Gasteiger partial charge in [0.1, 0.15) is 0 Å². The topological polar surface area (TPSA) is 58.0 Å². The minimum atomic E-state index is -0.439. The van der Waals surface area contributed by atoms with Crippen LogP contribution in [0.3, 0.4) is 0 Å². The molecule has 21 heavy (non-hydrogen) atoms. The van der Waals surface area contributed by atoms with Crippen molar-refractivity contribution in [1.82, 2.24) is 4.98 Å². The van der Waals surface area contributed by atoms with Gasteiger partial charge in [0.25, 0.3) is 0 Å². The maximum Gasteiger partial charge on any atom is 0.417 e. The lowest BCUT2D eigenvalue weighted by Gasteiger charge is -2.17. The van der Waals surface area contributed by atoms with Gasteiger partial charge in [-0.2, -0.15) is 0 Å². The molecule has 1 unspecified atom stereocenters. The number of hydrogen-bond donors (Lipinski definition) is 2. The van der Waals surface area contributed by atoms with Crippen LogP contribution in [0.1, 0.15) is 18.5 Å². The van der Waals surface area contributed by atoms with Crippen LogP contribution < -0.4 is 11.1 Å². The van der Waals surface area contributed by atoms with E-state index in [2.05, 4.69) is 55.2 Å². The molecule has 0 aliphatic heterocycles. The number of aromatic nitrogens is 1. The lowest BCUT2D eigenvalue weighted by atomic mass is 10.1. The van der Waals surface area contributed by atoms with Gasteiger partial charge in [-0.3, -0.25) is 4.98 Å². The van der Waals surface area contributed by atoms with Crippen LogP contribution in [0.2, 0.25) is 0 Å². The Morgan fingerprint density at radius 1 is 1.19 bits per heavy atom. The number of fused-ring (bicyclic) bond motifs is 1. The monoisotopic (exact) mass is 410 g/mol. The Morgan fingerprint density at radius 3 is 2.76 bits per heavy atom. The van der Waals surface area contributed by atoms with Crippen LogP contribution in [0.15, 0.2) is 54.6 Å². The number of oxazole rings is 1. The van der Waals surface area contributed by atoms with E-state index in [1.54, 1.807) is 6.07 Å². The van der Waals surface area contributed by atoms with E-state index in [1.807, 2.05) is 24.3 Å². The number of H-pyrrole nitrogens is 1. The van der Waals surface area contributed by atoms with Gasteiger partial charge in [0, 0.05) is 20.7 Å². The highest BCUT2D eigenvalue weighted by Gasteiger charge is 2.10. The largest absolute Gasteiger partial charge is 0.417 e. The van der Waals surface area contributed by atoms with E-state index >= 15 is 0 Å². The van der Waals surface area contributed by atoms with Gasteiger partial charge in [0.05, 0.1) is 5.52 Å². The maximum atomic E-state index is 11.2. The first-order valence-corrected chi connectivity index (χ1v) is 7.96. The van der Waals surface area contributed by atoms with Crippen LogP contribution in [-0.2, 0) is 0 Å². The fourth-order valence-electron chi connectivity index (χ4n) is 2.22. The highest BCUT2D eigenvalue weighted by Crippen LogP contribution is 2.29. The van der Waals surface area contributed by atoms with Crippen molar-refractivity contribution in [2.45, 2.75) is 13.0 Å². The van der Waals surface area contributed by atoms with Crippen molar-refractivity contribution >= 4 is 48.6 Å². The summed E-state index contributed by atoms with van der Waals surface area (Å²) in [5.74, 6) is -0.439. The summed E-state index contributed by atoms with van der Waals surface area (Å²) in [6.45, 7) is 2.08. The van der Waals surface area contributed by atoms with Crippen molar-refractivity contribution in [3.8, 4) is 0 Å². The molecular formula is C15H12Br2N2O2. The molecule has 0 saturated heterocycles. The van der Waals surface area contributed by atoms with Crippen molar-refractivity contribution < 1.29 is 4.42 Å². The molecule has 2 aromatic carbocycles. The van der Waals surface area contributed by atoms with Crippen LogP contribution in [0.5, 0.6) is 0 Å². The fourth-order valence-corrected chi connectivity index (χ4v) is 3.61. The molecule has 3 rings (SSSR count). The van der Waals surface area contributed by atoms with Gasteiger partial charge in [0.15, 0.2) is 5.58 Å². The van der Waals surface area contributed by atoms with Crippen molar-refractivity contribution in [1.29, 1.82) is 0 Å². The minimum Gasteiger partial charge on any atom is -0.408 e. The van der Waals surface area contributed by atoms with Gasteiger partial charge in [-0.05, 0) is 42.8 Å². The molecule has 0 bridgehead atoms. The average Bonchev–Trinajstić information content (AvgIpc) is 2.77. The molecule has 4 nitrogen and oxygen atoms in total. The molecule has 2 N–H and O–H groups in total. The zero-order valence-electron chi connectivity index (χ0n) is 11.1. The summed E-state index contributed by atoms with van der Waals surface area (Å²) >= 11 is 7.02. The number of rotatable bonds is 3. The molecule has 108 valence electrons. The number of anilines is 1. The lowest BCUT2D eigenvalue weighted by Crippen LogP contribution is -2.07. The summed E-state index contributed by atoms with van der Waals surface area (Å²) in [5, 5.41) is 3.41.